The quantitative estimate of drug-likeness (QED) is 0.329. The number of benzene rings is 3. The summed E-state index contributed by atoms with van der Waals surface area (Å²) < 4.78 is 5.77. The van der Waals surface area contributed by atoms with Crippen LogP contribution < -0.4 is 10.2 Å². The van der Waals surface area contributed by atoms with Crippen LogP contribution in [0.25, 0.3) is 0 Å². The lowest BCUT2D eigenvalue weighted by Gasteiger charge is -2.06. The van der Waals surface area contributed by atoms with Gasteiger partial charge in [0.25, 0.3) is 5.91 Å². The Kier molecular flexibility index (Phi) is 7.21. The Hall–Kier alpha value is -3.11. The van der Waals surface area contributed by atoms with E-state index in [0.29, 0.717) is 17.2 Å². The zero-order chi connectivity index (χ0) is 19.6. The van der Waals surface area contributed by atoms with Crippen molar-refractivity contribution < 1.29 is 9.53 Å². The molecule has 3 rings (SSSR count). The average Bonchev–Trinajstić information content (AvgIpc) is 2.73. The summed E-state index contributed by atoms with van der Waals surface area (Å²) in [5.74, 6) is 0.463. The molecular formula is C23H21ClN2O2. The number of carbonyl (C=O) groups is 1. The smallest absolute Gasteiger partial charge is 0.272 e. The fourth-order valence-corrected chi connectivity index (χ4v) is 2.85. The van der Waals surface area contributed by atoms with Crippen LogP contribution in [0.5, 0.6) is 5.75 Å². The van der Waals surface area contributed by atoms with Gasteiger partial charge in [-0.1, -0.05) is 54.1 Å². The molecule has 1 N–H and O–H groups in total. The van der Waals surface area contributed by atoms with Gasteiger partial charge < -0.3 is 4.74 Å². The number of hydrogen-bond acceptors (Lipinski definition) is 3. The van der Waals surface area contributed by atoms with Crippen molar-refractivity contribution >= 4 is 23.7 Å². The minimum absolute atomic E-state index is 0.347. The molecule has 0 fully saturated rings. The molecular weight excluding hydrogens is 372 g/mol. The molecule has 0 atom stereocenters. The van der Waals surface area contributed by atoms with Crippen molar-refractivity contribution in [2.24, 2.45) is 5.10 Å². The number of hydrazone groups is 1. The number of carbonyl (C=O) groups excluding carboxylic acids is 1. The molecule has 4 nitrogen and oxygen atoms in total. The SMILES string of the molecule is O=C(N/N=C\c1ccc(OCCCc2ccccc2)cc1)c1ccccc1Cl. The number of nitrogens with zero attached hydrogens (tertiary/aromatic N) is 1. The summed E-state index contributed by atoms with van der Waals surface area (Å²) in [6.07, 6.45) is 3.53. The van der Waals surface area contributed by atoms with Crippen molar-refractivity contribution in [1.29, 1.82) is 0 Å². The summed E-state index contributed by atoms with van der Waals surface area (Å²) in [7, 11) is 0. The maximum absolute atomic E-state index is 12.0. The van der Waals surface area contributed by atoms with Gasteiger partial charge in [0.2, 0.25) is 0 Å². The molecule has 0 aliphatic heterocycles. The van der Waals surface area contributed by atoms with Crippen molar-refractivity contribution in [2.45, 2.75) is 12.8 Å². The lowest BCUT2D eigenvalue weighted by molar-refractivity contribution is 0.0955. The molecule has 0 spiro atoms. The van der Waals surface area contributed by atoms with Crippen LogP contribution in [0.1, 0.15) is 27.9 Å². The second-order valence-electron chi connectivity index (χ2n) is 6.19. The van der Waals surface area contributed by atoms with Crippen LogP contribution in [0, 0.1) is 0 Å². The molecule has 0 saturated heterocycles. The Labute approximate surface area is 169 Å². The molecule has 1 amide bonds. The first-order valence-electron chi connectivity index (χ1n) is 9.07. The lowest BCUT2D eigenvalue weighted by Crippen LogP contribution is -2.17. The third-order valence-electron chi connectivity index (χ3n) is 4.10. The van der Waals surface area contributed by atoms with Gasteiger partial charge >= 0.3 is 0 Å². The van der Waals surface area contributed by atoms with Gasteiger partial charge in [0.15, 0.2) is 0 Å². The number of halogens is 1. The molecule has 0 unspecified atom stereocenters. The van der Waals surface area contributed by atoms with Crippen LogP contribution in [-0.2, 0) is 6.42 Å². The summed E-state index contributed by atoms with van der Waals surface area (Å²) in [4.78, 5) is 12.0. The van der Waals surface area contributed by atoms with E-state index in [1.807, 2.05) is 42.5 Å². The van der Waals surface area contributed by atoms with Gasteiger partial charge in [-0.2, -0.15) is 5.10 Å². The van der Waals surface area contributed by atoms with Gasteiger partial charge in [-0.25, -0.2) is 5.43 Å². The highest BCUT2D eigenvalue weighted by Gasteiger charge is 2.07. The Balaban J connectivity index is 1.43. The Morgan fingerprint density at radius 3 is 2.43 bits per heavy atom. The number of nitrogens with one attached hydrogen (secondary N) is 1. The second-order valence-corrected chi connectivity index (χ2v) is 6.59. The maximum atomic E-state index is 12.0. The molecule has 0 saturated carbocycles. The largest absolute Gasteiger partial charge is 0.494 e. The molecule has 0 heterocycles. The van der Waals surface area contributed by atoms with E-state index in [1.54, 1.807) is 30.5 Å². The Morgan fingerprint density at radius 2 is 1.68 bits per heavy atom. The first kappa shape index (κ1) is 19.6. The first-order chi connectivity index (χ1) is 13.7. The van der Waals surface area contributed by atoms with Crippen LogP contribution in [0.4, 0.5) is 0 Å². The monoisotopic (exact) mass is 392 g/mol. The zero-order valence-corrected chi connectivity index (χ0v) is 16.1. The van der Waals surface area contributed by atoms with E-state index < -0.39 is 0 Å². The van der Waals surface area contributed by atoms with Crippen molar-refractivity contribution in [1.82, 2.24) is 5.43 Å². The first-order valence-corrected chi connectivity index (χ1v) is 9.45. The number of rotatable bonds is 8. The summed E-state index contributed by atoms with van der Waals surface area (Å²) in [5.41, 5.74) is 5.04. The van der Waals surface area contributed by atoms with Crippen LogP contribution in [0.3, 0.4) is 0 Å². The summed E-state index contributed by atoms with van der Waals surface area (Å²) >= 11 is 5.99. The summed E-state index contributed by atoms with van der Waals surface area (Å²) in [6.45, 7) is 0.663. The normalized spacial score (nSPS) is 10.8. The van der Waals surface area contributed by atoms with Crippen LogP contribution >= 0.6 is 11.6 Å². The predicted molar refractivity (Wildman–Crippen MR) is 113 cm³/mol. The third-order valence-corrected chi connectivity index (χ3v) is 4.43. The predicted octanol–water partition coefficient (Wildman–Crippen LogP) is 5.12. The molecule has 0 bridgehead atoms. The molecule has 3 aromatic rings. The van der Waals surface area contributed by atoms with Gasteiger partial charge in [0.1, 0.15) is 5.75 Å². The van der Waals surface area contributed by atoms with Crippen LogP contribution in [0.2, 0.25) is 5.02 Å². The highest BCUT2D eigenvalue weighted by molar-refractivity contribution is 6.33. The molecule has 142 valence electrons. The topological polar surface area (TPSA) is 50.7 Å². The van der Waals surface area contributed by atoms with Crippen molar-refractivity contribution in [3.8, 4) is 5.75 Å². The van der Waals surface area contributed by atoms with Crippen LogP contribution in [0.15, 0.2) is 84.0 Å². The minimum Gasteiger partial charge on any atom is -0.494 e. The number of aryl methyl sites for hydroxylation is 1. The highest BCUT2D eigenvalue weighted by Crippen LogP contribution is 2.15. The molecule has 0 aromatic heterocycles. The number of ether oxygens (including phenoxy) is 1. The van der Waals surface area contributed by atoms with E-state index >= 15 is 0 Å². The van der Waals surface area contributed by atoms with Crippen molar-refractivity contribution in [3.05, 3.63) is 101 Å². The minimum atomic E-state index is -0.347. The Bertz CT molecular complexity index is 925. The fourth-order valence-electron chi connectivity index (χ4n) is 2.63. The van der Waals surface area contributed by atoms with Crippen LogP contribution in [-0.4, -0.2) is 18.7 Å². The summed E-state index contributed by atoms with van der Waals surface area (Å²) in [6, 6.07) is 24.8. The number of hydrogen-bond donors (Lipinski definition) is 1. The van der Waals surface area contributed by atoms with Gasteiger partial charge in [-0.3, -0.25) is 4.79 Å². The van der Waals surface area contributed by atoms with E-state index in [4.69, 9.17) is 16.3 Å². The third kappa shape index (κ3) is 5.96. The van der Waals surface area contributed by atoms with Crippen molar-refractivity contribution in [3.63, 3.8) is 0 Å². The molecule has 0 aliphatic carbocycles. The van der Waals surface area contributed by atoms with Gasteiger partial charge in [0.05, 0.1) is 23.4 Å². The van der Waals surface area contributed by atoms with E-state index in [0.717, 1.165) is 24.2 Å². The van der Waals surface area contributed by atoms with E-state index in [-0.39, 0.29) is 5.91 Å². The van der Waals surface area contributed by atoms with Gasteiger partial charge in [-0.05, 0) is 60.4 Å². The molecule has 0 radical (unpaired) electrons. The maximum Gasteiger partial charge on any atom is 0.272 e. The van der Waals surface area contributed by atoms with E-state index in [2.05, 4.69) is 22.7 Å². The molecule has 28 heavy (non-hydrogen) atoms. The Morgan fingerprint density at radius 1 is 0.964 bits per heavy atom. The second kappa shape index (κ2) is 10.3. The summed E-state index contributed by atoms with van der Waals surface area (Å²) in [5, 5.41) is 4.37. The standard InChI is InChI=1S/C23H21ClN2O2/c24-22-11-5-4-10-21(22)23(27)26-25-17-19-12-14-20(15-13-19)28-16-6-9-18-7-2-1-3-8-18/h1-5,7-8,10-15,17H,6,9,16H2,(H,26,27)/b25-17-. The van der Waals surface area contributed by atoms with E-state index in [1.165, 1.54) is 5.56 Å². The van der Waals surface area contributed by atoms with Crippen molar-refractivity contribution in [2.75, 3.05) is 6.61 Å². The molecule has 5 heteroatoms. The highest BCUT2D eigenvalue weighted by atomic mass is 35.5. The average molecular weight is 393 g/mol. The molecule has 0 aliphatic rings. The lowest BCUT2D eigenvalue weighted by atomic mass is 10.1. The molecule has 3 aromatic carbocycles. The van der Waals surface area contributed by atoms with E-state index in [9.17, 15) is 4.79 Å². The van der Waals surface area contributed by atoms with Gasteiger partial charge in [-0.15, -0.1) is 0 Å². The van der Waals surface area contributed by atoms with Gasteiger partial charge in [0, 0.05) is 0 Å². The fraction of sp³-hybridized carbons (Fsp3) is 0.130. The zero-order valence-electron chi connectivity index (χ0n) is 15.3. The number of amides is 1.